The van der Waals surface area contributed by atoms with E-state index in [9.17, 15) is 13.6 Å². The van der Waals surface area contributed by atoms with Crippen LogP contribution in [0.15, 0.2) is 42.5 Å². The van der Waals surface area contributed by atoms with Gasteiger partial charge in [0.05, 0.1) is 17.1 Å². The Labute approximate surface area is 167 Å². The van der Waals surface area contributed by atoms with Crippen LogP contribution in [0.25, 0.3) is 5.69 Å². The SMILES string of the molecule is Cc1ccc(F)cc1-n1nnc(C(=O)N2CCN(c3ccccc3F)CC2)c1C. The molecule has 1 aromatic heterocycles. The van der Waals surface area contributed by atoms with Crippen molar-refractivity contribution in [3.63, 3.8) is 0 Å². The number of hydrogen-bond donors (Lipinski definition) is 0. The zero-order valence-electron chi connectivity index (χ0n) is 16.3. The summed E-state index contributed by atoms with van der Waals surface area (Å²) in [5.41, 5.74) is 2.73. The number of carbonyl (C=O) groups is 1. The van der Waals surface area contributed by atoms with Crippen LogP contribution in [-0.2, 0) is 0 Å². The molecule has 2 aromatic carbocycles. The lowest BCUT2D eigenvalue weighted by Crippen LogP contribution is -2.49. The number of halogens is 2. The van der Waals surface area contributed by atoms with Gasteiger partial charge < -0.3 is 9.80 Å². The summed E-state index contributed by atoms with van der Waals surface area (Å²) in [5, 5.41) is 8.13. The number of rotatable bonds is 3. The highest BCUT2D eigenvalue weighted by Gasteiger charge is 2.27. The number of benzene rings is 2. The van der Waals surface area contributed by atoms with Crippen molar-refractivity contribution in [1.29, 1.82) is 0 Å². The number of para-hydroxylation sites is 1. The molecule has 29 heavy (non-hydrogen) atoms. The molecule has 1 amide bonds. The topological polar surface area (TPSA) is 54.3 Å². The molecule has 1 saturated heterocycles. The van der Waals surface area contributed by atoms with Crippen molar-refractivity contribution in [2.24, 2.45) is 0 Å². The van der Waals surface area contributed by atoms with Gasteiger partial charge in [-0.25, -0.2) is 13.5 Å². The minimum absolute atomic E-state index is 0.226. The van der Waals surface area contributed by atoms with Gasteiger partial charge in [0.1, 0.15) is 11.6 Å². The minimum Gasteiger partial charge on any atom is -0.366 e. The molecule has 0 aliphatic carbocycles. The average Bonchev–Trinajstić information content (AvgIpc) is 3.11. The quantitative estimate of drug-likeness (QED) is 0.682. The Kier molecular flexibility index (Phi) is 5.00. The fourth-order valence-electron chi connectivity index (χ4n) is 3.57. The predicted molar refractivity (Wildman–Crippen MR) is 105 cm³/mol. The van der Waals surface area contributed by atoms with E-state index in [0.717, 1.165) is 5.56 Å². The Morgan fingerprint density at radius 1 is 0.966 bits per heavy atom. The van der Waals surface area contributed by atoms with Crippen molar-refractivity contribution in [2.45, 2.75) is 13.8 Å². The Bertz CT molecular complexity index is 1060. The predicted octanol–water partition coefficient (Wildman–Crippen LogP) is 3.12. The highest BCUT2D eigenvalue weighted by atomic mass is 19.1. The second-order valence-electron chi connectivity index (χ2n) is 7.10. The number of hydrogen-bond acceptors (Lipinski definition) is 4. The van der Waals surface area contributed by atoms with Crippen molar-refractivity contribution in [3.8, 4) is 5.69 Å². The summed E-state index contributed by atoms with van der Waals surface area (Å²) in [6.45, 7) is 5.56. The van der Waals surface area contributed by atoms with Gasteiger partial charge in [-0.05, 0) is 43.7 Å². The Balaban J connectivity index is 1.51. The molecule has 0 atom stereocenters. The molecule has 1 aliphatic rings. The van der Waals surface area contributed by atoms with E-state index in [-0.39, 0.29) is 23.2 Å². The first kappa shape index (κ1) is 19.0. The first-order valence-electron chi connectivity index (χ1n) is 9.43. The highest BCUT2D eigenvalue weighted by molar-refractivity contribution is 5.93. The summed E-state index contributed by atoms with van der Waals surface area (Å²) in [6.07, 6.45) is 0. The van der Waals surface area contributed by atoms with Crippen LogP contribution < -0.4 is 4.90 Å². The molecular weight excluding hydrogens is 376 g/mol. The lowest BCUT2D eigenvalue weighted by atomic mass is 10.2. The van der Waals surface area contributed by atoms with Gasteiger partial charge in [-0.2, -0.15) is 0 Å². The second-order valence-corrected chi connectivity index (χ2v) is 7.10. The number of piperazine rings is 1. The fourth-order valence-corrected chi connectivity index (χ4v) is 3.57. The summed E-state index contributed by atoms with van der Waals surface area (Å²) in [4.78, 5) is 16.6. The minimum atomic E-state index is -0.377. The Hall–Kier alpha value is -3.29. The lowest BCUT2D eigenvalue weighted by Gasteiger charge is -2.35. The molecule has 6 nitrogen and oxygen atoms in total. The molecule has 1 fully saturated rings. The van der Waals surface area contributed by atoms with E-state index >= 15 is 0 Å². The maximum atomic E-state index is 14.0. The molecule has 150 valence electrons. The lowest BCUT2D eigenvalue weighted by molar-refractivity contribution is 0.0740. The molecule has 0 N–H and O–H groups in total. The van der Waals surface area contributed by atoms with E-state index in [1.54, 1.807) is 36.1 Å². The molecule has 8 heteroatoms. The molecule has 0 radical (unpaired) electrons. The maximum Gasteiger partial charge on any atom is 0.276 e. The van der Waals surface area contributed by atoms with Crippen LogP contribution in [0.1, 0.15) is 21.7 Å². The van der Waals surface area contributed by atoms with E-state index in [0.29, 0.717) is 43.2 Å². The van der Waals surface area contributed by atoms with E-state index in [1.165, 1.54) is 22.9 Å². The van der Waals surface area contributed by atoms with E-state index in [1.807, 2.05) is 11.8 Å². The van der Waals surface area contributed by atoms with Crippen LogP contribution in [0.2, 0.25) is 0 Å². The van der Waals surface area contributed by atoms with Crippen LogP contribution in [0.4, 0.5) is 14.5 Å². The van der Waals surface area contributed by atoms with Gasteiger partial charge in [-0.15, -0.1) is 5.10 Å². The van der Waals surface area contributed by atoms with Crippen LogP contribution in [-0.4, -0.2) is 52.0 Å². The van der Waals surface area contributed by atoms with Gasteiger partial charge in [-0.3, -0.25) is 4.79 Å². The van der Waals surface area contributed by atoms with E-state index in [4.69, 9.17) is 0 Å². The fraction of sp³-hybridized carbons (Fsp3) is 0.286. The van der Waals surface area contributed by atoms with Crippen molar-refractivity contribution < 1.29 is 13.6 Å². The molecule has 0 bridgehead atoms. The molecule has 0 saturated carbocycles. The first-order chi connectivity index (χ1) is 14.0. The monoisotopic (exact) mass is 397 g/mol. The third-order valence-electron chi connectivity index (χ3n) is 5.26. The number of aryl methyl sites for hydroxylation is 1. The standard InChI is InChI=1S/C21H21F2N5O/c1-14-7-8-16(22)13-19(14)28-15(2)20(24-25-28)21(29)27-11-9-26(10-12-27)18-6-4-3-5-17(18)23/h3-8,13H,9-12H2,1-2H3. The van der Waals surface area contributed by atoms with Gasteiger partial charge in [0, 0.05) is 26.2 Å². The number of amides is 1. The molecule has 3 aromatic rings. The summed E-state index contributed by atoms with van der Waals surface area (Å²) < 4.78 is 29.1. The van der Waals surface area contributed by atoms with Crippen molar-refractivity contribution in [2.75, 3.05) is 31.1 Å². The van der Waals surface area contributed by atoms with Crippen LogP contribution in [0.5, 0.6) is 0 Å². The van der Waals surface area contributed by atoms with E-state index in [2.05, 4.69) is 10.3 Å². The maximum absolute atomic E-state index is 14.0. The molecule has 1 aliphatic heterocycles. The molecule has 0 unspecified atom stereocenters. The molecule has 0 spiro atoms. The first-order valence-corrected chi connectivity index (χ1v) is 9.43. The highest BCUT2D eigenvalue weighted by Crippen LogP contribution is 2.22. The van der Waals surface area contributed by atoms with Crippen LogP contribution in [0.3, 0.4) is 0 Å². The van der Waals surface area contributed by atoms with Crippen LogP contribution >= 0.6 is 0 Å². The van der Waals surface area contributed by atoms with Gasteiger partial charge in [0.2, 0.25) is 0 Å². The Morgan fingerprint density at radius 2 is 1.69 bits per heavy atom. The van der Waals surface area contributed by atoms with Gasteiger partial charge in [0.15, 0.2) is 5.69 Å². The molecule has 4 rings (SSSR count). The summed E-state index contributed by atoms with van der Waals surface area (Å²) >= 11 is 0. The molecule has 2 heterocycles. The average molecular weight is 397 g/mol. The third-order valence-corrected chi connectivity index (χ3v) is 5.26. The van der Waals surface area contributed by atoms with E-state index < -0.39 is 0 Å². The van der Waals surface area contributed by atoms with Crippen molar-refractivity contribution >= 4 is 11.6 Å². The summed E-state index contributed by atoms with van der Waals surface area (Å²) in [5.74, 6) is -0.870. The Morgan fingerprint density at radius 3 is 2.41 bits per heavy atom. The van der Waals surface area contributed by atoms with Gasteiger partial charge in [0.25, 0.3) is 5.91 Å². The van der Waals surface area contributed by atoms with Crippen LogP contribution in [0, 0.1) is 25.5 Å². The summed E-state index contributed by atoms with van der Waals surface area (Å²) in [7, 11) is 0. The number of nitrogens with zero attached hydrogens (tertiary/aromatic N) is 5. The number of aromatic nitrogens is 3. The third kappa shape index (κ3) is 3.57. The number of carbonyl (C=O) groups excluding carboxylic acids is 1. The van der Waals surface area contributed by atoms with Crippen molar-refractivity contribution in [1.82, 2.24) is 19.9 Å². The number of anilines is 1. The smallest absolute Gasteiger partial charge is 0.276 e. The second kappa shape index (κ2) is 7.62. The molecular formula is C21H21F2N5O. The zero-order chi connectivity index (χ0) is 20.5. The normalized spacial score (nSPS) is 14.3. The summed E-state index contributed by atoms with van der Waals surface area (Å²) in [6, 6.07) is 11.0. The largest absolute Gasteiger partial charge is 0.366 e. The van der Waals surface area contributed by atoms with Crippen molar-refractivity contribution in [3.05, 3.63) is 71.1 Å². The van der Waals surface area contributed by atoms with Gasteiger partial charge in [-0.1, -0.05) is 23.4 Å². The zero-order valence-corrected chi connectivity index (χ0v) is 16.3. The van der Waals surface area contributed by atoms with Gasteiger partial charge >= 0.3 is 0 Å².